The van der Waals surface area contributed by atoms with Gasteiger partial charge in [0.05, 0.1) is 31.9 Å². The largest absolute Gasteiger partial charge is 0.327 e. The highest BCUT2D eigenvalue weighted by Crippen LogP contribution is 2.43. The molecule has 0 saturated heterocycles. The molecule has 2 aliphatic heterocycles. The molecular formula is C44H38Cl2F2N6O2S2. The monoisotopic (exact) mass is 854 g/mol. The van der Waals surface area contributed by atoms with E-state index in [9.17, 15) is 18.4 Å². The van der Waals surface area contributed by atoms with Gasteiger partial charge in [-0.3, -0.25) is 9.59 Å². The Morgan fingerprint density at radius 3 is 1.40 bits per heavy atom. The third-order valence-electron chi connectivity index (χ3n) is 10.2. The Kier molecular flexibility index (Phi) is 11.8. The Bertz CT molecular complexity index is 2560. The van der Waals surface area contributed by atoms with Crippen molar-refractivity contribution in [2.75, 3.05) is 13.1 Å². The molecule has 2 atom stereocenters. The first kappa shape index (κ1) is 40.8. The summed E-state index contributed by atoms with van der Waals surface area (Å²) in [5.74, 6) is -0.742. The van der Waals surface area contributed by atoms with E-state index in [-0.39, 0.29) is 50.4 Å². The zero-order valence-electron chi connectivity index (χ0n) is 29.4. The lowest BCUT2D eigenvalue weighted by Gasteiger charge is -2.36. The minimum atomic E-state index is -0.299. The van der Waals surface area contributed by atoms with E-state index in [0.717, 1.165) is 46.4 Å². The molecule has 58 heavy (non-hydrogen) atoms. The van der Waals surface area contributed by atoms with Crippen LogP contribution >= 0.6 is 45.9 Å². The van der Waals surface area contributed by atoms with Gasteiger partial charge in [-0.1, -0.05) is 62.3 Å². The third-order valence-corrected chi connectivity index (χ3v) is 12.8. The van der Waals surface area contributed by atoms with Crippen LogP contribution in [-0.4, -0.2) is 53.5 Å². The quantitative estimate of drug-likeness (QED) is 0.177. The van der Waals surface area contributed by atoms with Crippen LogP contribution in [0.15, 0.2) is 122 Å². The number of hydrogen-bond acceptors (Lipinski definition) is 6. The number of imidazole rings is 2. The van der Waals surface area contributed by atoms with E-state index >= 15 is 0 Å². The maximum Gasteiger partial charge on any atom is 0.256 e. The molecule has 296 valence electrons. The molecule has 6 aromatic heterocycles. The zero-order chi connectivity index (χ0) is 38.5. The number of aromatic nitrogens is 4. The number of rotatable bonds is 4. The summed E-state index contributed by atoms with van der Waals surface area (Å²) in [7, 11) is 0. The van der Waals surface area contributed by atoms with Gasteiger partial charge in [-0.05, 0) is 95.8 Å². The number of carbonyl (C=O) groups is 2. The topological polar surface area (TPSA) is 75.2 Å². The lowest BCUT2D eigenvalue weighted by Crippen LogP contribution is -2.40. The van der Waals surface area contributed by atoms with E-state index in [1.54, 1.807) is 83.9 Å². The molecule has 14 heteroatoms. The molecule has 8 heterocycles. The van der Waals surface area contributed by atoms with Gasteiger partial charge < -0.3 is 18.6 Å². The van der Waals surface area contributed by atoms with E-state index in [1.807, 2.05) is 55.3 Å². The fourth-order valence-corrected chi connectivity index (χ4v) is 10.2. The Hall–Kier alpha value is -5.40. The average molecular weight is 856 g/mol. The number of amides is 2. The van der Waals surface area contributed by atoms with E-state index in [0.29, 0.717) is 32.9 Å². The van der Waals surface area contributed by atoms with Crippen molar-refractivity contribution in [1.29, 1.82) is 0 Å². The molecule has 8 nitrogen and oxygen atoms in total. The van der Waals surface area contributed by atoms with Gasteiger partial charge in [0.2, 0.25) is 0 Å². The van der Waals surface area contributed by atoms with Crippen LogP contribution in [0.1, 0.15) is 79.7 Å². The molecule has 0 fully saturated rings. The van der Waals surface area contributed by atoms with Crippen molar-refractivity contribution in [3.63, 3.8) is 0 Å². The zero-order valence-corrected chi connectivity index (χ0v) is 32.5. The number of halogens is 4. The number of carbonyl (C=O) groups excluding carboxylic acids is 2. The van der Waals surface area contributed by atoms with Crippen LogP contribution in [0.5, 0.6) is 0 Å². The molecule has 2 aromatic carbocycles. The first-order valence-electron chi connectivity index (χ1n) is 17.7. The lowest BCUT2D eigenvalue weighted by molar-refractivity contribution is 0.0688. The summed E-state index contributed by atoms with van der Waals surface area (Å²) in [6.45, 7) is 1.15. The van der Waals surface area contributed by atoms with E-state index in [1.165, 1.54) is 34.0 Å². The maximum absolute atomic E-state index is 13.5. The van der Waals surface area contributed by atoms with Gasteiger partial charge in [0, 0.05) is 60.0 Å². The molecular weight excluding hydrogens is 818 g/mol. The van der Waals surface area contributed by atoms with E-state index in [4.69, 9.17) is 23.2 Å². The molecule has 10 rings (SSSR count). The molecule has 0 radical (unpaired) electrons. The fraction of sp³-hybridized carbons (Fsp3) is 0.182. The SMILES string of the molecule is C.C.O=C(c1ccc2nccn2c1)N1CCc2sc(Cl)cc2[C@@H]1c1ccc(F)cc1.O=C(c1ccc2nccn2c1)N1CCc2sc(Cl)cc2[C@H]1c1ccc(F)cc1. The number of hydrogen-bond donors (Lipinski definition) is 0. The molecule has 0 bridgehead atoms. The summed E-state index contributed by atoms with van der Waals surface area (Å²) < 4.78 is 32.0. The molecule has 0 aliphatic carbocycles. The van der Waals surface area contributed by atoms with Crippen LogP contribution in [0.4, 0.5) is 8.78 Å². The molecule has 0 spiro atoms. The normalized spacial score (nSPS) is 15.8. The highest BCUT2D eigenvalue weighted by atomic mass is 35.5. The second-order valence-corrected chi connectivity index (χ2v) is 17.0. The van der Waals surface area contributed by atoms with Crippen molar-refractivity contribution in [3.05, 3.63) is 186 Å². The van der Waals surface area contributed by atoms with Crippen LogP contribution in [0.2, 0.25) is 8.67 Å². The molecule has 8 aromatic rings. The molecule has 0 N–H and O–H groups in total. The van der Waals surface area contributed by atoms with Crippen LogP contribution in [0.3, 0.4) is 0 Å². The number of fused-ring (bicyclic) bond motifs is 4. The Balaban J connectivity index is 0.000000171. The van der Waals surface area contributed by atoms with Crippen molar-refractivity contribution in [2.45, 2.75) is 39.8 Å². The van der Waals surface area contributed by atoms with Crippen molar-refractivity contribution in [3.8, 4) is 0 Å². The highest BCUT2D eigenvalue weighted by Gasteiger charge is 2.36. The smallest absolute Gasteiger partial charge is 0.256 e. The van der Waals surface area contributed by atoms with Crippen molar-refractivity contribution in [1.82, 2.24) is 28.6 Å². The minimum Gasteiger partial charge on any atom is -0.327 e. The summed E-state index contributed by atoms with van der Waals surface area (Å²) in [4.78, 5) is 41.3. The first-order chi connectivity index (χ1) is 27.2. The van der Waals surface area contributed by atoms with Crippen LogP contribution < -0.4 is 0 Å². The standard InChI is InChI=1S/2C21H15ClFN3OS.2CH4/c2*22-18-11-16-17(28-18)7-9-26(20(16)13-1-4-15(23)5-2-13)21(27)14-3-6-19-24-8-10-25(19)12-14;;/h2*1-6,8,10-12,20H,7,9H2;2*1H4/t2*20-;;/m10../s1. The Labute approximate surface area is 352 Å². The van der Waals surface area contributed by atoms with Gasteiger partial charge >= 0.3 is 0 Å². The van der Waals surface area contributed by atoms with Crippen molar-refractivity contribution >= 4 is 69.0 Å². The molecule has 0 unspecified atom stereocenters. The van der Waals surface area contributed by atoms with Crippen LogP contribution in [0.25, 0.3) is 11.3 Å². The van der Waals surface area contributed by atoms with Crippen LogP contribution in [-0.2, 0) is 12.8 Å². The number of nitrogens with zero attached hydrogens (tertiary/aromatic N) is 6. The van der Waals surface area contributed by atoms with Crippen LogP contribution in [0, 0.1) is 11.6 Å². The third kappa shape index (κ3) is 7.77. The number of pyridine rings is 2. The average Bonchev–Trinajstić information content (AvgIpc) is 4.03. The van der Waals surface area contributed by atoms with Gasteiger partial charge in [0.1, 0.15) is 22.9 Å². The molecule has 0 saturated carbocycles. The molecule has 2 amide bonds. The summed E-state index contributed by atoms with van der Waals surface area (Å²) in [5, 5.41) is 0. The van der Waals surface area contributed by atoms with Gasteiger partial charge in [-0.2, -0.15) is 0 Å². The van der Waals surface area contributed by atoms with Gasteiger partial charge in [0.15, 0.2) is 0 Å². The number of benzene rings is 2. The summed E-state index contributed by atoms with van der Waals surface area (Å²) >= 11 is 15.6. The first-order valence-corrected chi connectivity index (χ1v) is 20.1. The second-order valence-electron chi connectivity index (χ2n) is 13.5. The predicted octanol–water partition coefficient (Wildman–Crippen LogP) is 11.2. The molecule has 2 aliphatic rings. The highest BCUT2D eigenvalue weighted by molar-refractivity contribution is 7.16. The van der Waals surface area contributed by atoms with Gasteiger partial charge in [-0.25, -0.2) is 18.7 Å². The minimum absolute atomic E-state index is 0. The lowest BCUT2D eigenvalue weighted by atomic mass is 9.92. The summed E-state index contributed by atoms with van der Waals surface area (Å²) in [5.41, 5.74) is 6.52. The maximum atomic E-state index is 13.5. The Morgan fingerprint density at radius 1 is 0.603 bits per heavy atom. The summed E-state index contributed by atoms with van der Waals surface area (Å²) in [6.07, 6.45) is 12.1. The van der Waals surface area contributed by atoms with Crippen molar-refractivity contribution < 1.29 is 18.4 Å². The van der Waals surface area contributed by atoms with Crippen molar-refractivity contribution in [2.24, 2.45) is 0 Å². The Morgan fingerprint density at radius 2 is 1.00 bits per heavy atom. The second kappa shape index (κ2) is 16.8. The summed E-state index contributed by atoms with van der Waals surface area (Å²) in [6, 6.07) is 23.2. The van der Waals surface area contributed by atoms with Gasteiger partial charge in [0.25, 0.3) is 11.8 Å². The predicted molar refractivity (Wildman–Crippen MR) is 228 cm³/mol. The van der Waals surface area contributed by atoms with Gasteiger partial charge in [-0.15, -0.1) is 22.7 Å². The number of thiophene rings is 2. The van der Waals surface area contributed by atoms with E-state index in [2.05, 4.69) is 9.97 Å². The fourth-order valence-electron chi connectivity index (χ4n) is 7.58. The van der Waals surface area contributed by atoms with E-state index < -0.39 is 0 Å².